The summed E-state index contributed by atoms with van der Waals surface area (Å²) in [5, 5.41) is 9.21. The highest BCUT2D eigenvalue weighted by Gasteiger charge is 2.45. The van der Waals surface area contributed by atoms with E-state index in [0.717, 1.165) is 55.8 Å². The highest BCUT2D eigenvalue weighted by Crippen LogP contribution is 2.33. The number of carbonyl (C=O) groups is 4. The Kier molecular flexibility index (Phi) is 5.56. The Bertz CT molecular complexity index is 961. The Hall–Kier alpha value is -2.62. The van der Waals surface area contributed by atoms with Gasteiger partial charge in [-0.3, -0.25) is 29.4 Å². The molecule has 4 amide bonds. The van der Waals surface area contributed by atoms with E-state index in [1.54, 1.807) is 12.1 Å². The normalized spacial score (nSPS) is 30.6. The van der Waals surface area contributed by atoms with Gasteiger partial charge in [-0.05, 0) is 43.7 Å². The zero-order valence-corrected chi connectivity index (χ0v) is 17.9. The van der Waals surface area contributed by atoms with Crippen LogP contribution in [-0.2, 0) is 20.9 Å². The largest absolute Gasteiger partial charge is 0.372 e. The third-order valence-electron chi connectivity index (χ3n) is 7.17. The lowest BCUT2D eigenvalue weighted by molar-refractivity contribution is -0.136. The minimum atomic E-state index is -0.945. The Balaban J connectivity index is 1.26. The standard InChI is InChI=1S/C23H28N4O5/c28-18-5-4-17(20(29)26-18)27-21(30)16-3-1-2-14(19(16)22(27)31)12-25-15-6-8-23(9-7-15)13-24-10-11-32-23/h1-3,15,17,24-25H,4-13H2,(H,26,28,29). The number of ether oxygens (including phenoxy) is 1. The van der Waals surface area contributed by atoms with Crippen molar-refractivity contribution >= 4 is 23.6 Å². The summed E-state index contributed by atoms with van der Waals surface area (Å²) >= 11 is 0. The fourth-order valence-corrected chi connectivity index (χ4v) is 5.36. The predicted octanol–water partition coefficient (Wildman–Crippen LogP) is 0.479. The maximum absolute atomic E-state index is 13.2. The van der Waals surface area contributed by atoms with E-state index in [1.165, 1.54) is 0 Å². The van der Waals surface area contributed by atoms with Crippen LogP contribution in [0.1, 0.15) is 64.8 Å². The summed E-state index contributed by atoms with van der Waals surface area (Å²) in [6, 6.07) is 4.62. The van der Waals surface area contributed by atoms with E-state index in [-0.39, 0.29) is 24.3 Å². The van der Waals surface area contributed by atoms with Gasteiger partial charge in [0.2, 0.25) is 11.8 Å². The lowest BCUT2D eigenvalue weighted by Gasteiger charge is -2.43. The lowest BCUT2D eigenvalue weighted by atomic mass is 9.81. The molecule has 3 aliphatic heterocycles. The van der Waals surface area contributed by atoms with Crippen LogP contribution in [-0.4, -0.2) is 65.9 Å². The summed E-state index contributed by atoms with van der Waals surface area (Å²) in [4.78, 5) is 50.9. The van der Waals surface area contributed by atoms with E-state index in [9.17, 15) is 19.2 Å². The van der Waals surface area contributed by atoms with Crippen LogP contribution in [0.2, 0.25) is 0 Å². The molecule has 170 valence electrons. The second kappa shape index (κ2) is 8.38. The molecule has 1 atom stereocenters. The molecule has 1 spiro atoms. The van der Waals surface area contributed by atoms with E-state index in [1.807, 2.05) is 6.07 Å². The maximum Gasteiger partial charge on any atom is 0.262 e. The zero-order valence-electron chi connectivity index (χ0n) is 17.9. The van der Waals surface area contributed by atoms with E-state index >= 15 is 0 Å². The number of imide groups is 2. The molecule has 0 bridgehead atoms. The minimum absolute atomic E-state index is 0.0464. The Morgan fingerprint density at radius 2 is 1.91 bits per heavy atom. The monoisotopic (exact) mass is 440 g/mol. The number of piperidine rings is 1. The molecular formula is C23H28N4O5. The molecule has 2 saturated heterocycles. The molecule has 1 aromatic carbocycles. The smallest absolute Gasteiger partial charge is 0.262 e. The number of amides is 4. The van der Waals surface area contributed by atoms with Gasteiger partial charge in [-0.15, -0.1) is 0 Å². The van der Waals surface area contributed by atoms with E-state index in [2.05, 4.69) is 16.0 Å². The minimum Gasteiger partial charge on any atom is -0.372 e. The molecule has 0 aromatic heterocycles. The quantitative estimate of drug-likeness (QED) is 0.583. The number of morpholine rings is 1. The van der Waals surface area contributed by atoms with Crippen molar-refractivity contribution < 1.29 is 23.9 Å². The number of hydrogen-bond donors (Lipinski definition) is 3. The van der Waals surface area contributed by atoms with Gasteiger partial charge in [0.15, 0.2) is 0 Å². The predicted molar refractivity (Wildman–Crippen MR) is 114 cm³/mol. The summed E-state index contributed by atoms with van der Waals surface area (Å²) in [6.45, 7) is 3.04. The number of nitrogens with one attached hydrogen (secondary N) is 3. The first kappa shape index (κ1) is 21.2. The number of benzene rings is 1. The molecule has 3 heterocycles. The van der Waals surface area contributed by atoms with Crippen LogP contribution >= 0.6 is 0 Å². The number of nitrogens with zero attached hydrogens (tertiary/aromatic N) is 1. The molecule has 9 nitrogen and oxygen atoms in total. The van der Waals surface area contributed by atoms with Crippen molar-refractivity contribution in [3.8, 4) is 0 Å². The highest BCUT2D eigenvalue weighted by molar-refractivity contribution is 6.24. The van der Waals surface area contributed by atoms with Gasteiger partial charge in [-0.25, -0.2) is 0 Å². The maximum atomic E-state index is 13.2. The molecule has 1 aliphatic carbocycles. The van der Waals surface area contributed by atoms with Crippen LogP contribution < -0.4 is 16.0 Å². The average Bonchev–Trinajstić information content (AvgIpc) is 3.05. The Morgan fingerprint density at radius 1 is 1.09 bits per heavy atom. The summed E-state index contributed by atoms with van der Waals surface area (Å²) in [5.74, 6) is -1.90. The van der Waals surface area contributed by atoms with E-state index < -0.39 is 23.8 Å². The van der Waals surface area contributed by atoms with Gasteiger partial charge >= 0.3 is 0 Å². The molecule has 4 aliphatic rings. The Labute approximate surface area is 186 Å². The second-order valence-corrected chi connectivity index (χ2v) is 9.15. The fraction of sp³-hybridized carbons (Fsp3) is 0.565. The van der Waals surface area contributed by atoms with E-state index in [0.29, 0.717) is 23.7 Å². The fourth-order valence-electron chi connectivity index (χ4n) is 5.36. The van der Waals surface area contributed by atoms with Crippen LogP contribution in [0.4, 0.5) is 0 Å². The third kappa shape index (κ3) is 3.74. The molecule has 1 unspecified atom stereocenters. The van der Waals surface area contributed by atoms with E-state index in [4.69, 9.17) is 4.74 Å². The van der Waals surface area contributed by atoms with Gasteiger partial charge in [-0.1, -0.05) is 12.1 Å². The molecule has 3 N–H and O–H groups in total. The van der Waals surface area contributed by atoms with Gasteiger partial charge in [0.25, 0.3) is 11.8 Å². The topological polar surface area (TPSA) is 117 Å². The number of hydrogen-bond acceptors (Lipinski definition) is 7. The molecule has 3 fully saturated rings. The van der Waals surface area contributed by atoms with Gasteiger partial charge in [0.05, 0.1) is 23.3 Å². The molecule has 1 saturated carbocycles. The highest BCUT2D eigenvalue weighted by atomic mass is 16.5. The Morgan fingerprint density at radius 3 is 2.62 bits per heavy atom. The summed E-state index contributed by atoms with van der Waals surface area (Å²) in [7, 11) is 0. The van der Waals surface area contributed by atoms with Crippen molar-refractivity contribution in [1.82, 2.24) is 20.9 Å². The number of fused-ring (bicyclic) bond motifs is 1. The van der Waals surface area contributed by atoms with Crippen molar-refractivity contribution in [2.45, 2.75) is 62.8 Å². The number of carbonyl (C=O) groups excluding carboxylic acids is 4. The van der Waals surface area contributed by atoms with Crippen LogP contribution in [0.3, 0.4) is 0 Å². The summed E-state index contributed by atoms with van der Waals surface area (Å²) in [5.41, 5.74) is 1.39. The first-order valence-corrected chi connectivity index (χ1v) is 11.4. The average molecular weight is 441 g/mol. The molecule has 5 rings (SSSR count). The van der Waals surface area contributed by atoms with Crippen molar-refractivity contribution in [2.75, 3.05) is 19.7 Å². The van der Waals surface area contributed by atoms with Gasteiger partial charge in [0.1, 0.15) is 6.04 Å². The van der Waals surface area contributed by atoms with Crippen molar-refractivity contribution in [3.63, 3.8) is 0 Å². The van der Waals surface area contributed by atoms with Crippen molar-refractivity contribution in [2.24, 2.45) is 0 Å². The molecular weight excluding hydrogens is 412 g/mol. The molecule has 0 radical (unpaired) electrons. The molecule has 9 heteroatoms. The SMILES string of the molecule is O=C1CCC(N2C(=O)c3cccc(CNC4CCC5(CC4)CNCCO5)c3C2=O)C(=O)N1. The van der Waals surface area contributed by atoms with Gasteiger partial charge in [-0.2, -0.15) is 0 Å². The lowest BCUT2D eigenvalue weighted by Crippen LogP contribution is -2.54. The molecule has 32 heavy (non-hydrogen) atoms. The van der Waals surface area contributed by atoms with Crippen LogP contribution in [0.25, 0.3) is 0 Å². The first-order chi connectivity index (χ1) is 15.5. The third-order valence-corrected chi connectivity index (χ3v) is 7.17. The van der Waals surface area contributed by atoms with Crippen LogP contribution in [0.15, 0.2) is 18.2 Å². The number of rotatable bonds is 4. The van der Waals surface area contributed by atoms with Crippen LogP contribution in [0, 0.1) is 0 Å². The summed E-state index contributed by atoms with van der Waals surface area (Å²) in [6.07, 6.45) is 4.24. The zero-order chi connectivity index (χ0) is 22.3. The van der Waals surface area contributed by atoms with Crippen molar-refractivity contribution in [3.05, 3.63) is 34.9 Å². The van der Waals surface area contributed by atoms with Gasteiger partial charge < -0.3 is 15.4 Å². The summed E-state index contributed by atoms with van der Waals surface area (Å²) < 4.78 is 6.06. The first-order valence-electron chi connectivity index (χ1n) is 11.4. The van der Waals surface area contributed by atoms with Gasteiger partial charge in [0, 0.05) is 32.1 Å². The second-order valence-electron chi connectivity index (χ2n) is 9.15. The molecule has 1 aromatic rings. The van der Waals surface area contributed by atoms with Crippen molar-refractivity contribution in [1.29, 1.82) is 0 Å². The van der Waals surface area contributed by atoms with Crippen LogP contribution in [0.5, 0.6) is 0 Å².